The normalized spacial score (nSPS) is 13.3. The molecule has 0 fully saturated rings. The number of nitrogens with one attached hydrogen (secondary N) is 1. The minimum atomic E-state index is -0.946. The fraction of sp³-hybridized carbons (Fsp3) is 0.364. The second kappa shape index (κ2) is 9.32. The van der Waals surface area contributed by atoms with Crippen LogP contribution in [0.5, 0.6) is 11.5 Å². The van der Waals surface area contributed by atoms with Gasteiger partial charge >= 0.3 is 5.97 Å². The first-order valence-electron chi connectivity index (χ1n) is 9.78. The molecular formula is C22H26N2O5. The topological polar surface area (TPSA) is 77.1 Å². The lowest BCUT2D eigenvalue weighted by molar-refractivity contribution is -0.123. The number of carbonyl (C=O) groups is 2. The lowest BCUT2D eigenvalue weighted by Gasteiger charge is -2.21. The molecule has 154 valence electrons. The van der Waals surface area contributed by atoms with E-state index in [4.69, 9.17) is 14.2 Å². The third-order valence-corrected chi connectivity index (χ3v) is 4.69. The number of esters is 1. The fourth-order valence-corrected chi connectivity index (χ4v) is 3.04. The lowest BCUT2D eigenvalue weighted by Crippen LogP contribution is -2.30. The number of ether oxygens (including phenoxy) is 3. The molecule has 7 nitrogen and oxygen atoms in total. The summed E-state index contributed by atoms with van der Waals surface area (Å²) in [7, 11) is 0. The van der Waals surface area contributed by atoms with Crippen molar-refractivity contribution in [3.05, 3.63) is 48.0 Å². The summed E-state index contributed by atoms with van der Waals surface area (Å²) >= 11 is 0. The van der Waals surface area contributed by atoms with Gasteiger partial charge in [0.25, 0.3) is 5.91 Å². The molecule has 2 aromatic rings. The molecule has 0 aliphatic carbocycles. The highest BCUT2D eigenvalue weighted by Crippen LogP contribution is 2.32. The van der Waals surface area contributed by atoms with Gasteiger partial charge in [0, 0.05) is 30.5 Å². The number of nitrogens with zero attached hydrogens (tertiary/aromatic N) is 1. The van der Waals surface area contributed by atoms with Crippen LogP contribution in [0.2, 0.25) is 0 Å². The summed E-state index contributed by atoms with van der Waals surface area (Å²) in [5.74, 6) is 0.254. The highest BCUT2D eigenvalue weighted by molar-refractivity contribution is 5.97. The van der Waals surface area contributed by atoms with E-state index in [2.05, 4.69) is 24.1 Å². The zero-order valence-corrected chi connectivity index (χ0v) is 16.9. The maximum Gasteiger partial charge on any atom is 0.338 e. The first-order valence-corrected chi connectivity index (χ1v) is 9.78. The van der Waals surface area contributed by atoms with Gasteiger partial charge < -0.3 is 24.4 Å². The molecule has 1 heterocycles. The molecule has 1 aliphatic heterocycles. The average Bonchev–Trinajstić information content (AvgIpc) is 2.75. The van der Waals surface area contributed by atoms with Crippen molar-refractivity contribution in [1.29, 1.82) is 0 Å². The van der Waals surface area contributed by atoms with Gasteiger partial charge in [-0.1, -0.05) is 0 Å². The van der Waals surface area contributed by atoms with Crippen LogP contribution in [0.25, 0.3) is 0 Å². The van der Waals surface area contributed by atoms with Gasteiger partial charge in [-0.3, -0.25) is 4.79 Å². The van der Waals surface area contributed by atoms with Gasteiger partial charge in [-0.25, -0.2) is 4.79 Å². The first-order chi connectivity index (χ1) is 14.0. The molecule has 29 heavy (non-hydrogen) atoms. The van der Waals surface area contributed by atoms with Crippen molar-refractivity contribution < 1.29 is 23.8 Å². The number of hydrogen-bond acceptors (Lipinski definition) is 6. The minimum absolute atomic E-state index is 0.403. The van der Waals surface area contributed by atoms with E-state index in [-0.39, 0.29) is 0 Å². The van der Waals surface area contributed by atoms with Crippen molar-refractivity contribution in [2.75, 3.05) is 36.5 Å². The summed E-state index contributed by atoms with van der Waals surface area (Å²) in [5, 5.41) is 2.73. The zero-order chi connectivity index (χ0) is 20.8. The van der Waals surface area contributed by atoms with Crippen LogP contribution in [-0.4, -0.2) is 44.3 Å². The average molecular weight is 398 g/mol. The van der Waals surface area contributed by atoms with Crippen molar-refractivity contribution in [1.82, 2.24) is 0 Å². The summed E-state index contributed by atoms with van der Waals surface area (Å²) in [5.41, 5.74) is 1.99. The molecular weight excluding hydrogens is 372 g/mol. The molecule has 1 aliphatic rings. The molecule has 2 aromatic carbocycles. The number of anilines is 2. The van der Waals surface area contributed by atoms with Gasteiger partial charge in [0.15, 0.2) is 17.6 Å². The van der Waals surface area contributed by atoms with Crippen molar-refractivity contribution in [2.24, 2.45) is 0 Å². The molecule has 3 rings (SSSR count). The molecule has 0 saturated heterocycles. The summed E-state index contributed by atoms with van der Waals surface area (Å²) in [6.07, 6.45) is -0.946. The highest BCUT2D eigenvalue weighted by atomic mass is 16.6. The number of benzene rings is 2. The van der Waals surface area contributed by atoms with E-state index in [0.29, 0.717) is 36.0 Å². The highest BCUT2D eigenvalue weighted by Gasteiger charge is 2.20. The van der Waals surface area contributed by atoms with Gasteiger partial charge in [0.1, 0.15) is 13.2 Å². The third-order valence-electron chi connectivity index (χ3n) is 4.69. The number of hydrogen-bond donors (Lipinski definition) is 1. The quantitative estimate of drug-likeness (QED) is 0.720. The van der Waals surface area contributed by atoms with Gasteiger partial charge in [0.05, 0.1) is 5.56 Å². The Hall–Kier alpha value is -3.22. The molecule has 1 N–H and O–H groups in total. The SMILES string of the molecule is CCN(CC)c1ccc(C(=O)O[C@H](C)C(=O)Nc2ccc3c(c2)OCCO3)cc1. The summed E-state index contributed by atoms with van der Waals surface area (Å²) in [6.45, 7) is 8.43. The monoisotopic (exact) mass is 398 g/mol. The Morgan fingerprint density at radius 2 is 1.69 bits per heavy atom. The van der Waals surface area contributed by atoms with Crippen LogP contribution in [0.1, 0.15) is 31.1 Å². The van der Waals surface area contributed by atoms with Crippen molar-refractivity contribution in [3.8, 4) is 11.5 Å². The number of fused-ring (bicyclic) bond motifs is 1. The van der Waals surface area contributed by atoms with Crippen LogP contribution < -0.4 is 19.7 Å². The smallest absolute Gasteiger partial charge is 0.338 e. The first kappa shape index (κ1) is 20.5. The molecule has 1 atom stereocenters. The standard InChI is InChI=1S/C22H26N2O5/c1-4-24(5-2)18-9-6-16(7-10-18)22(26)29-15(3)21(25)23-17-8-11-19-20(14-17)28-13-12-27-19/h6-11,14-15H,4-5,12-13H2,1-3H3,(H,23,25)/t15-/m1/s1. The molecule has 0 bridgehead atoms. The molecule has 0 saturated carbocycles. The minimum Gasteiger partial charge on any atom is -0.486 e. The van der Waals surface area contributed by atoms with E-state index in [1.165, 1.54) is 6.92 Å². The van der Waals surface area contributed by atoms with E-state index >= 15 is 0 Å². The summed E-state index contributed by atoms with van der Waals surface area (Å²) in [6, 6.07) is 12.3. The molecule has 0 aromatic heterocycles. The molecule has 0 unspecified atom stereocenters. The number of carbonyl (C=O) groups excluding carboxylic acids is 2. The maximum atomic E-state index is 12.4. The predicted molar refractivity (Wildman–Crippen MR) is 111 cm³/mol. The lowest BCUT2D eigenvalue weighted by atomic mass is 10.2. The Morgan fingerprint density at radius 1 is 1.03 bits per heavy atom. The Bertz CT molecular complexity index is 862. The van der Waals surface area contributed by atoms with Crippen LogP contribution in [0.3, 0.4) is 0 Å². The van der Waals surface area contributed by atoms with Gasteiger partial charge in [0.2, 0.25) is 0 Å². The van der Waals surface area contributed by atoms with Gasteiger partial charge in [-0.05, 0) is 57.2 Å². The summed E-state index contributed by atoms with van der Waals surface area (Å²) in [4.78, 5) is 27.0. The molecule has 1 amide bonds. The van der Waals surface area contributed by atoms with Crippen LogP contribution in [0.4, 0.5) is 11.4 Å². The zero-order valence-electron chi connectivity index (χ0n) is 16.9. The summed E-state index contributed by atoms with van der Waals surface area (Å²) < 4.78 is 16.3. The molecule has 0 radical (unpaired) electrons. The van der Waals surface area contributed by atoms with E-state index < -0.39 is 18.0 Å². The number of rotatable bonds is 7. The third kappa shape index (κ3) is 4.99. The Morgan fingerprint density at radius 3 is 2.34 bits per heavy atom. The number of amides is 1. The van der Waals surface area contributed by atoms with Crippen molar-refractivity contribution >= 4 is 23.3 Å². The van der Waals surface area contributed by atoms with Crippen molar-refractivity contribution in [2.45, 2.75) is 26.9 Å². The molecule has 0 spiro atoms. The van der Waals surface area contributed by atoms with E-state index in [1.807, 2.05) is 12.1 Å². The second-order valence-corrected chi connectivity index (χ2v) is 6.61. The van der Waals surface area contributed by atoms with E-state index in [1.54, 1.807) is 30.3 Å². The Labute approximate surface area is 170 Å². The van der Waals surface area contributed by atoms with E-state index in [0.717, 1.165) is 18.8 Å². The van der Waals surface area contributed by atoms with Crippen molar-refractivity contribution in [3.63, 3.8) is 0 Å². The van der Waals surface area contributed by atoms with Crippen LogP contribution in [0.15, 0.2) is 42.5 Å². The van der Waals surface area contributed by atoms with Crippen LogP contribution in [-0.2, 0) is 9.53 Å². The second-order valence-electron chi connectivity index (χ2n) is 6.61. The van der Waals surface area contributed by atoms with Crippen LogP contribution in [0, 0.1) is 0 Å². The maximum absolute atomic E-state index is 12.4. The van der Waals surface area contributed by atoms with Gasteiger partial charge in [-0.15, -0.1) is 0 Å². The predicted octanol–water partition coefficient (Wildman–Crippen LogP) is 3.49. The van der Waals surface area contributed by atoms with E-state index in [9.17, 15) is 9.59 Å². The van der Waals surface area contributed by atoms with Crippen LogP contribution >= 0.6 is 0 Å². The largest absolute Gasteiger partial charge is 0.486 e. The Balaban J connectivity index is 1.58. The van der Waals surface area contributed by atoms with Gasteiger partial charge in [-0.2, -0.15) is 0 Å². The molecule has 7 heteroatoms. The Kier molecular flexibility index (Phi) is 6.59. The fourth-order valence-electron chi connectivity index (χ4n) is 3.04.